The zero-order valence-corrected chi connectivity index (χ0v) is 20.6. The highest BCUT2D eigenvalue weighted by Gasteiger charge is 2.20. The van der Waals surface area contributed by atoms with Gasteiger partial charge in [0.2, 0.25) is 0 Å². The fraction of sp³-hybridized carbons (Fsp3) is 0.320. The number of pyridine rings is 2. The van der Waals surface area contributed by atoms with Crippen LogP contribution in [-0.4, -0.2) is 45.6 Å². The van der Waals surface area contributed by atoms with Crippen LogP contribution in [0, 0.1) is 6.92 Å². The van der Waals surface area contributed by atoms with Crippen LogP contribution in [0.15, 0.2) is 51.7 Å². The largest absolute Gasteiger partial charge is 0.462 e. The van der Waals surface area contributed by atoms with E-state index in [4.69, 9.17) is 14.5 Å². The number of amides is 1. The van der Waals surface area contributed by atoms with Crippen molar-refractivity contribution in [2.45, 2.75) is 33.7 Å². The number of hydrogen-bond donors (Lipinski definition) is 0. The first-order valence-corrected chi connectivity index (χ1v) is 12.3. The number of ether oxygens (including phenoxy) is 2. The zero-order valence-electron chi connectivity index (χ0n) is 19.8. The Morgan fingerprint density at radius 1 is 1.14 bits per heavy atom. The number of aromatic nitrogens is 3. The molecule has 0 aliphatic carbocycles. The van der Waals surface area contributed by atoms with Gasteiger partial charge in [-0.2, -0.15) is 4.99 Å². The van der Waals surface area contributed by atoms with Crippen LogP contribution < -0.4 is 11.0 Å². The Kier molecular flexibility index (Phi) is 7.52. The number of hydrogen-bond acceptors (Lipinski definition) is 7. The highest BCUT2D eigenvalue weighted by molar-refractivity contribution is 7.12. The molecular weight excluding hydrogens is 468 g/mol. The van der Waals surface area contributed by atoms with Crippen LogP contribution in [0.4, 0.5) is 0 Å². The Balaban J connectivity index is 2.09. The molecule has 0 aliphatic heterocycles. The fourth-order valence-corrected chi connectivity index (χ4v) is 4.41. The Labute approximate surface area is 205 Å². The van der Waals surface area contributed by atoms with E-state index in [1.165, 1.54) is 21.8 Å². The van der Waals surface area contributed by atoms with Crippen LogP contribution in [0.5, 0.6) is 0 Å². The minimum absolute atomic E-state index is 0.0344. The summed E-state index contributed by atoms with van der Waals surface area (Å²) in [5, 5.41) is 2.01. The maximum absolute atomic E-state index is 13.5. The predicted octanol–water partition coefficient (Wildman–Crippen LogP) is 3.36. The summed E-state index contributed by atoms with van der Waals surface area (Å²) in [6, 6.07) is 8.49. The minimum Gasteiger partial charge on any atom is -0.462 e. The summed E-state index contributed by atoms with van der Waals surface area (Å²) in [5.41, 5.74) is 1.46. The maximum atomic E-state index is 13.5. The van der Waals surface area contributed by atoms with E-state index < -0.39 is 11.9 Å². The van der Waals surface area contributed by atoms with Crippen molar-refractivity contribution in [2.24, 2.45) is 4.99 Å². The molecule has 0 unspecified atom stereocenters. The zero-order chi connectivity index (χ0) is 24.9. The Bertz CT molecular complexity index is 1520. The molecule has 0 N–H and O–H groups in total. The summed E-state index contributed by atoms with van der Waals surface area (Å²) in [7, 11) is 0. The summed E-state index contributed by atoms with van der Waals surface area (Å²) in [5.74, 6) is -1.16. The van der Waals surface area contributed by atoms with Crippen molar-refractivity contribution in [3.8, 4) is 0 Å². The van der Waals surface area contributed by atoms with Gasteiger partial charge in [-0.3, -0.25) is 14.0 Å². The molecule has 0 radical (unpaired) electrons. The van der Waals surface area contributed by atoms with Crippen LogP contribution in [0.1, 0.15) is 45.9 Å². The van der Waals surface area contributed by atoms with E-state index in [1.807, 2.05) is 19.9 Å². The van der Waals surface area contributed by atoms with Gasteiger partial charge in [0.05, 0.1) is 16.9 Å². The SMILES string of the molecule is CCOCCCn1c(=NC(=O)c2cccs2)c(C(=O)OCC)cc2c(=O)n3cccc(C)c3nc21. The number of thiophene rings is 1. The molecule has 4 aromatic rings. The van der Waals surface area contributed by atoms with Crippen molar-refractivity contribution in [3.63, 3.8) is 0 Å². The number of esters is 1. The van der Waals surface area contributed by atoms with Gasteiger partial charge in [0.1, 0.15) is 16.9 Å². The Hall–Kier alpha value is -3.63. The van der Waals surface area contributed by atoms with Gasteiger partial charge in [0.25, 0.3) is 11.5 Å². The van der Waals surface area contributed by atoms with Crippen molar-refractivity contribution in [2.75, 3.05) is 19.8 Å². The van der Waals surface area contributed by atoms with Gasteiger partial charge in [-0.05, 0) is 56.3 Å². The smallest absolute Gasteiger partial charge is 0.341 e. The molecule has 0 spiro atoms. The lowest BCUT2D eigenvalue weighted by atomic mass is 10.2. The van der Waals surface area contributed by atoms with E-state index in [0.29, 0.717) is 42.4 Å². The number of aryl methyl sites for hydroxylation is 2. The second kappa shape index (κ2) is 10.7. The molecule has 1 amide bonds. The number of nitrogens with zero attached hydrogens (tertiary/aromatic N) is 4. The third kappa shape index (κ3) is 4.94. The lowest BCUT2D eigenvalue weighted by Gasteiger charge is -2.15. The molecule has 0 aromatic carbocycles. The van der Waals surface area contributed by atoms with Crippen molar-refractivity contribution < 1.29 is 19.1 Å². The van der Waals surface area contributed by atoms with Gasteiger partial charge in [-0.1, -0.05) is 12.1 Å². The molecule has 0 aliphatic rings. The average Bonchev–Trinajstić information content (AvgIpc) is 3.39. The van der Waals surface area contributed by atoms with E-state index >= 15 is 0 Å². The molecular formula is C25H26N4O5S. The minimum atomic E-state index is -0.667. The monoisotopic (exact) mass is 494 g/mol. The average molecular weight is 495 g/mol. The summed E-state index contributed by atoms with van der Waals surface area (Å²) >= 11 is 1.26. The molecule has 4 heterocycles. The third-order valence-electron chi connectivity index (χ3n) is 5.41. The first-order chi connectivity index (χ1) is 17.0. The lowest BCUT2D eigenvalue weighted by Crippen LogP contribution is -2.33. The second-order valence-electron chi connectivity index (χ2n) is 7.74. The number of fused-ring (bicyclic) bond motifs is 2. The first kappa shape index (κ1) is 24.5. The molecule has 4 aromatic heterocycles. The van der Waals surface area contributed by atoms with E-state index in [2.05, 4.69) is 4.99 Å². The summed E-state index contributed by atoms with van der Waals surface area (Å²) in [6.07, 6.45) is 2.20. The topological polar surface area (TPSA) is 104 Å². The summed E-state index contributed by atoms with van der Waals surface area (Å²) in [6.45, 7) is 6.94. The van der Waals surface area contributed by atoms with Crippen LogP contribution >= 0.6 is 11.3 Å². The van der Waals surface area contributed by atoms with Crippen LogP contribution in [0.3, 0.4) is 0 Å². The number of rotatable bonds is 8. The van der Waals surface area contributed by atoms with Gasteiger partial charge in [0.15, 0.2) is 5.49 Å². The van der Waals surface area contributed by atoms with Crippen molar-refractivity contribution >= 4 is 39.9 Å². The fourth-order valence-electron chi connectivity index (χ4n) is 3.80. The molecule has 9 nitrogen and oxygen atoms in total. The van der Waals surface area contributed by atoms with Gasteiger partial charge >= 0.3 is 5.97 Å². The van der Waals surface area contributed by atoms with E-state index in [0.717, 1.165) is 5.56 Å². The van der Waals surface area contributed by atoms with Crippen LogP contribution in [0.2, 0.25) is 0 Å². The lowest BCUT2D eigenvalue weighted by molar-refractivity contribution is 0.0523. The van der Waals surface area contributed by atoms with Crippen molar-refractivity contribution in [1.29, 1.82) is 0 Å². The molecule has 0 fully saturated rings. The van der Waals surface area contributed by atoms with Gasteiger partial charge in [-0.25, -0.2) is 9.78 Å². The summed E-state index contributed by atoms with van der Waals surface area (Å²) < 4.78 is 13.9. The molecule has 0 bridgehead atoms. The van der Waals surface area contributed by atoms with E-state index in [1.54, 1.807) is 41.3 Å². The van der Waals surface area contributed by atoms with Crippen molar-refractivity contribution in [1.82, 2.24) is 14.0 Å². The molecule has 4 rings (SSSR count). The quantitative estimate of drug-likeness (QED) is 0.211. The van der Waals surface area contributed by atoms with E-state index in [-0.39, 0.29) is 28.6 Å². The standard InChI is InChI=1S/C25H26N4O5S/c1-4-33-13-8-12-28-21-17(24(31)29-11-6-9-16(3)20(29)26-21)15-18(25(32)34-5-2)22(28)27-23(30)19-10-7-14-35-19/h6-7,9-11,14-15H,4-5,8,12-13H2,1-3H3. The van der Waals surface area contributed by atoms with Crippen LogP contribution in [0.25, 0.3) is 16.7 Å². The van der Waals surface area contributed by atoms with Gasteiger partial charge < -0.3 is 14.0 Å². The molecule has 10 heteroatoms. The molecule has 0 atom stereocenters. The second-order valence-corrected chi connectivity index (χ2v) is 8.69. The molecule has 182 valence electrons. The van der Waals surface area contributed by atoms with Gasteiger partial charge in [-0.15, -0.1) is 11.3 Å². The first-order valence-electron chi connectivity index (χ1n) is 11.4. The predicted molar refractivity (Wildman–Crippen MR) is 133 cm³/mol. The van der Waals surface area contributed by atoms with E-state index in [9.17, 15) is 14.4 Å². The normalized spacial score (nSPS) is 11.9. The molecule has 35 heavy (non-hydrogen) atoms. The third-order valence-corrected chi connectivity index (χ3v) is 6.27. The van der Waals surface area contributed by atoms with Gasteiger partial charge in [0, 0.05) is 26.0 Å². The maximum Gasteiger partial charge on any atom is 0.341 e. The van der Waals surface area contributed by atoms with Crippen molar-refractivity contribution in [3.05, 3.63) is 73.8 Å². The molecule has 0 saturated heterocycles. The highest BCUT2D eigenvalue weighted by atomic mass is 32.1. The highest BCUT2D eigenvalue weighted by Crippen LogP contribution is 2.15. The Morgan fingerprint density at radius 3 is 2.69 bits per heavy atom. The summed E-state index contributed by atoms with van der Waals surface area (Å²) in [4.78, 5) is 49.0. The Morgan fingerprint density at radius 2 is 1.97 bits per heavy atom. The number of carbonyl (C=O) groups is 2. The molecule has 0 saturated carbocycles. The van der Waals surface area contributed by atoms with Crippen LogP contribution in [-0.2, 0) is 16.0 Å². The number of carbonyl (C=O) groups excluding carboxylic acids is 2.